The van der Waals surface area contributed by atoms with Gasteiger partial charge in [-0.2, -0.15) is 0 Å². The molecule has 0 radical (unpaired) electrons. The molecule has 1 aromatic carbocycles. The van der Waals surface area contributed by atoms with Crippen molar-refractivity contribution in [2.75, 3.05) is 19.6 Å². The lowest BCUT2D eigenvalue weighted by Crippen LogP contribution is -2.49. The number of benzene rings is 1. The Balaban J connectivity index is 2.04. The zero-order chi connectivity index (χ0) is 14.5. The number of rotatable bonds is 4. The van der Waals surface area contributed by atoms with Crippen LogP contribution >= 0.6 is 0 Å². The van der Waals surface area contributed by atoms with Crippen LogP contribution in [0.4, 0.5) is 4.39 Å². The Labute approximate surface area is 120 Å². The van der Waals surface area contributed by atoms with E-state index in [4.69, 9.17) is 0 Å². The van der Waals surface area contributed by atoms with E-state index in [1.165, 1.54) is 12.1 Å². The third-order valence-corrected chi connectivity index (χ3v) is 4.12. The number of carbonyl (C=O) groups excluding carboxylic acids is 1. The maximum Gasteiger partial charge on any atom is 0.239 e. The molecule has 0 aromatic heterocycles. The molecular formula is C16H23FN2O. The van der Waals surface area contributed by atoms with Crippen molar-refractivity contribution in [3.05, 3.63) is 35.6 Å². The van der Waals surface area contributed by atoms with Crippen molar-refractivity contribution in [1.82, 2.24) is 10.2 Å². The van der Waals surface area contributed by atoms with E-state index in [-0.39, 0.29) is 17.8 Å². The summed E-state index contributed by atoms with van der Waals surface area (Å²) in [5.74, 6) is 0.307. The first-order valence-electron chi connectivity index (χ1n) is 7.43. The lowest BCUT2D eigenvalue weighted by Gasteiger charge is -2.33. The third-order valence-electron chi connectivity index (χ3n) is 4.12. The predicted octanol–water partition coefficient (Wildman–Crippen LogP) is 2.53. The van der Waals surface area contributed by atoms with Crippen LogP contribution in [-0.2, 0) is 4.79 Å². The molecule has 2 atom stereocenters. The number of nitrogens with zero attached hydrogens (tertiary/aromatic N) is 1. The summed E-state index contributed by atoms with van der Waals surface area (Å²) in [6, 6.07) is 6.56. The number of amides is 1. The van der Waals surface area contributed by atoms with Crippen LogP contribution in [-0.4, -0.2) is 36.5 Å². The molecule has 1 aromatic rings. The molecule has 1 amide bonds. The maximum absolute atomic E-state index is 13.0. The van der Waals surface area contributed by atoms with Gasteiger partial charge in [-0.1, -0.05) is 12.1 Å². The van der Waals surface area contributed by atoms with Gasteiger partial charge in [0.15, 0.2) is 0 Å². The molecule has 110 valence electrons. The van der Waals surface area contributed by atoms with Gasteiger partial charge in [-0.15, -0.1) is 0 Å². The van der Waals surface area contributed by atoms with E-state index in [2.05, 4.69) is 5.32 Å². The maximum atomic E-state index is 13.0. The van der Waals surface area contributed by atoms with Gasteiger partial charge in [-0.25, -0.2) is 4.39 Å². The van der Waals surface area contributed by atoms with Crippen molar-refractivity contribution in [3.63, 3.8) is 0 Å². The summed E-state index contributed by atoms with van der Waals surface area (Å²) >= 11 is 0. The van der Waals surface area contributed by atoms with Gasteiger partial charge < -0.3 is 10.2 Å². The van der Waals surface area contributed by atoms with Crippen LogP contribution in [0, 0.1) is 5.82 Å². The van der Waals surface area contributed by atoms with Gasteiger partial charge in [0.25, 0.3) is 0 Å². The fourth-order valence-corrected chi connectivity index (χ4v) is 2.90. The predicted molar refractivity (Wildman–Crippen MR) is 78.1 cm³/mol. The van der Waals surface area contributed by atoms with Crippen LogP contribution in [0.3, 0.4) is 0 Å². The van der Waals surface area contributed by atoms with E-state index >= 15 is 0 Å². The number of piperidine rings is 1. The molecule has 3 nitrogen and oxygen atoms in total. The minimum Gasteiger partial charge on any atom is -0.342 e. The average molecular weight is 278 g/mol. The fraction of sp³-hybridized carbons (Fsp3) is 0.562. The molecule has 0 spiro atoms. The molecule has 0 saturated carbocycles. The van der Waals surface area contributed by atoms with Crippen molar-refractivity contribution < 1.29 is 9.18 Å². The molecule has 1 saturated heterocycles. The monoisotopic (exact) mass is 278 g/mol. The number of halogens is 1. The highest BCUT2D eigenvalue weighted by Gasteiger charge is 2.29. The van der Waals surface area contributed by atoms with Crippen LogP contribution in [0.15, 0.2) is 24.3 Å². The fourth-order valence-electron chi connectivity index (χ4n) is 2.90. The number of hydrogen-bond donors (Lipinski definition) is 1. The minimum absolute atomic E-state index is 0.112. The number of hydrogen-bond acceptors (Lipinski definition) is 2. The number of likely N-dealkylation sites (N-methyl/N-ethyl adjacent to an activating group) is 1. The summed E-state index contributed by atoms with van der Waals surface area (Å²) in [6.45, 7) is 6.33. The lowest BCUT2D eigenvalue weighted by atomic mass is 9.86. The Morgan fingerprint density at radius 2 is 1.95 bits per heavy atom. The Morgan fingerprint density at radius 3 is 2.55 bits per heavy atom. The Kier molecular flexibility index (Phi) is 5.12. The van der Waals surface area contributed by atoms with Gasteiger partial charge in [-0.3, -0.25) is 4.79 Å². The van der Waals surface area contributed by atoms with E-state index in [9.17, 15) is 9.18 Å². The standard InChI is InChI=1S/C16H23FN2O/c1-3-19(4-2)16(20)15-11-13(9-10-18-15)12-5-7-14(17)8-6-12/h5-8,13,15,18H,3-4,9-11H2,1-2H3. The smallest absolute Gasteiger partial charge is 0.239 e. The average Bonchev–Trinajstić information content (AvgIpc) is 2.49. The number of carbonyl (C=O) groups is 1. The summed E-state index contributed by atoms with van der Waals surface area (Å²) in [5, 5.41) is 3.31. The molecule has 4 heteroatoms. The highest BCUT2D eigenvalue weighted by atomic mass is 19.1. The molecular weight excluding hydrogens is 255 g/mol. The van der Waals surface area contributed by atoms with E-state index < -0.39 is 0 Å². The SMILES string of the molecule is CCN(CC)C(=O)C1CC(c2ccc(F)cc2)CCN1. The van der Waals surface area contributed by atoms with Crippen LogP contribution in [0.1, 0.15) is 38.2 Å². The molecule has 1 aliphatic heterocycles. The molecule has 1 aliphatic rings. The zero-order valence-corrected chi connectivity index (χ0v) is 12.2. The molecule has 2 rings (SSSR count). The molecule has 0 aliphatic carbocycles. The van der Waals surface area contributed by atoms with Crippen LogP contribution < -0.4 is 5.32 Å². The van der Waals surface area contributed by atoms with Crippen molar-refractivity contribution in [1.29, 1.82) is 0 Å². The minimum atomic E-state index is -0.210. The second kappa shape index (κ2) is 6.84. The summed E-state index contributed by atoms with van der Waals surface area (Å²) < 4.78 is 13.0. The summed E-state index contributed by atoms with van der Waals surface area (Å²) in [4.78, 5) is 14.3. The summed E-state index contributed by atoms with van der Waals surface area (Å²) in [7, 11) is 0. The molecule has 0 bridgehead atoms. The van der Waals surface area contributed by atoms with Crippen molar-refractivity contribution in [2.45, 2.75) is 38.6 Å². The van der Waals surface area contributed by atoms with Crippen LogP contribution in [0.2, 0.25) is 0 Å². The van der Waals surface area contributed by atoms with Gasteiger partial charge in [0.05, 0.1) is 6.04 Å². The molecule has 2 unspecified atom stereocenters. The summed E-state index contributed by atoms with van der Waals surface area (Å²) in [5.41, 5.74) is 1.13. The molecule has 1 fully saturated rings. The van der Waals surface area contributed by atoms with Crippen LogP contribution in [0.5, 0.6) is 0 Å². The van der Waals surface area contributed by atoms with Gasteiger partial charge >= 0.3 is 0 Å². The quantitative estimate of drug-likeness (QED) is 0.918. The second-order valence-corrected chi connectivity index (χ2v) is 5.29. The first-order chi connectivity index (χ1) is 9.65. The summed E-state index contributed by atoms with van der Waals surface area (Å²) in [6.07, 6.45) is 1.79. The van der Waals surface area contributed by atoms with Gasteiger partial charge in [0.2, 0.25) is 5.91 Å². The van der Waals surface area contributed by atoms with E-state index in [1.807, 2.05) is 30.9 Å². The first-order valence-corrected chi connectivity index (χ1v) is 7.43. The first kappa shape index (κ1) is 15.0. The Hall–Kier alpha value is -1.42. The zero-order valence-electron chi connectivity index (χ0n) is 12.2. The molecule has 1 heterocycles. The van der Waals surface area contributed by atoms with E-state index in [0.29, 0.717) is 5.92 Å². The van der Waals surface area contributed by atoms with Gasteiger partial charge in [-0.05, 0) is 56.8 Å². The topological polar surface area (TPSA) is 32.3 Å². The van der Waals surface area contributed by atoms with Crippen molar-refractivity contribution in [2.24, 2.45) is 0 Å². The van der Waals surface area contributed by atoms with E-state index in [1.54, 1.807) is 0 Å². The van der Waals surface area contributed by atoms with Crippen molar-refractivity contribution >= 4 is 5.91 Å². The Morgan fingerprint density at radius 1 is 1.30 bits per heavy atom. The normalized spacial score (nSPS) is 22.6. The van der Waals surface area contributed by atoms with Gasteiger partial charge in [0.1, 0.15) is 5.82 Å². The Bertz CT molecular complexity index is 442. The molecule has 1 N–H and O–H groups in total. The second-order valence-electron chi connectivity index (χ2n) is 5.29. The third kappa shape index (κ3) is 3.37. The largest absolute Gasteiger partial charge is 0.342 e. The highest BCUT2D eigenvalue weighted by Crippen LogP contribution is 2.28. The number of nitrogens with one attached hydrogen (secondary N) is 1. The lowest BCUT2D eigenvalue weighted by molar-refractivity contribution is -0.133. The van der Waals surface area contributed by atoms with Crippen molar-refractivity contribution in [3.8, 4) is 0 Å². The molecule has 20 heavy (non-hydrogen) atoms. The van der Waals surface area contributed by atoms with Gasteiger partial charge in [0, 0.05) is 13.1 Å². The van der Waals surface area contributed by atoms with Crippen LogP contribution in [0.25, 0.3) is 0 Å². The van der Waals surface area contributed by atoms with E-state index in [0.717, 1.165) is 38.0 Å². The highest BCUT2D eigenvalue weighted by molar-refractivity contribution is 5.82.